The van der Waals surface area contributed by atoms with Crippen LogP contribution in [-0.2, 0) is 16.1 Å². The molecular weight excluding hydrogens is 448 g/mol. The van der Waals surface area contributed by atoms with E-state index in [1.165, 1.54) is 23.7 Å². The molecule has 35 heavy (non-hydrogen) atoms. The molecule has 182 valence electrons. The molecule has 9 nitrogen and oxygen atoms in total. The number of carbonyl (C=O) groups is 3. The normalized spacial score (nSPS) is 12.9. The van der Waals surface area contributed by atoms with Crippen LogP contribution in [0.15, 0.2) is 61.1 Å². The number of amides is 2. The van der Waals surface area contributed by atoms with Gasteiger partial charge in [-0.15, -0.1) is 0 Å². The Hall–Kier alpha value is -4.14. The van der Waals surface area contributed by atoms with E-state index in [4.69, 9.17) is 9.84 Å². The minimum Gasteiger partial charge on any atom is -0.476 e. The summed E-state index contributed by atoms with van der Waals surface area (Å²) in [5, 5.41) is 14.4. The van der Waals surface area contributed by atoms with E-state index in [0.717, 1.165) is 11.1 Å². The fraction of sp³-hybridized carbons (Fsp3) is 0.308. The second-order valence-corrected chi connectivity index (χ2v) is 8.67. The molecule has 2 amide bonds. The van der Waals surface area contributed by atoms with Gasteiger partial charge in [0.15, 0.2) is 5.69 Å². The first kappa shape index (κ1) is 24.0. The lowest BCUT2D eigenvalue weighted by Gasteiger charge is -2.16. The summed E-state index contributed by atoms with van der Waals surface area (Å²) in [6.07, 6.45) is 2.56. The highest BCUT2D eigenvalue weighted by Gasteiger charge is 2.29. The van der Waals surface area contributed by atoms with Crippen molar-refractivity contribution in [1.29, 1.82) is 0 Å². The van der Waals surface area contributed by atoms with Crippen LogP contribution < -0.4 is 10.6 Å². The van der Waals surface area contributed by atoms with Gasteiger partial charge in [-0.25, -0.2) is 14.6 Å². The average Bonchev–Trinajstić information content (AvgIpc) is 3.45. The van der Waals surface area contributed by atoms with Crippen molar-refractivity contribution >= 4 is 18.0 Å². The maximum absolute atomic E-state index is 12.3. The van der Waals surface area contributed by atoms with Crippen LogP contribution in [0.1, 0.15) is 40.9 Å². The molecule has 1 aromatic heterocycles. The highest BCUT2D eigenvalue weighted by Crippen LogP contribution is 2.44. The predicted molar refractivity (Wildman–Crippen MR) is 129 cm³/mol. The van der Waals surface area contributed by atoms with E-state index in [-0.39, 0.29) is 36.5 Å². The number of carboxylic acids is 1. The monoisotopic (exact) mass is 476 g/mol. The van der Waals surface area contributed by atoms with Gasteiger partial charge in [-0.1, -0.05) is 55.5 Å². The van der Waals surface area contributed by atoms with Gasteiger partial charge in [0.25, 0.3) is 0 Å². The molecule has 0 saturated heterocycles. The molecule has 1 aliphatic rings. The first-order chi connectivity index (χ1) is 16.9. The molecule has 0 aliphatic heterocycles. The molecule has 0 fully saturated rings. The number of carbonyl (C=O) groups excluding carboxylic acids is 2. The predicted octanol–water partition coefficient (Wildman–Crippen LogP) is 3.26. The van der Waals surface area contributed by atoms with Crippen LogP contribution in [-0.4, -0.2) is 52.3 Å². The molecule has 2 aromatic carbocycles. The third kappa shape index (κ3) is 5.87. The Kier molecular flexibility index (Phi) is 7.45. The van der Waals surface area contributed by atoms with E-state index in [2.05, 4.69) is 39.9 Å². The maximum atomic E-state index is 12.3. The Bertz CT molecular complexity index is 1180. The van der Waals surface area contributed by atoms with E-state index < -0.39 is 12.1 Å². The number of ether oxygens (including phenoxy) is 1. The molecule has 3 aromatic rings. The number of nitrogens with one attached hydrogen (secondary N) is 2. The van der Waals surface area contributed by atoms with Gasteiger partial charge in [-0.3, -0.25) is 4.79 Å². The lowest BCUT2D eigenvalue weighted by atomic mass is 9.98. The number of hydrogen-bond donors (Lipinski definition) is 3. The number of nitrogens with zero attached hydrogens (tertiary/aromatic N) is 2. The number of aromatic nitrogens is 2. The number of benzene rings is 2. The number of hydrogen-bond acceptors (Lipinski definition) is 5. The van der Waals surface area contributed by atoms with E-state index in [9.17, 15) is 14.4 Å². The van der Waals surface area contributed by atoms with Crippen molar-refractivity contribution in [3.63, 3.8) is 0 Å². The fourth-order valence-electron chi connectivity index (χ4n) is 4.29. The number of alkyl carbamates (subject to hydrolysis) is 1. The highest BCUT2D eigenvalue weighted by molar-refractivity contribution is 5.85. The summed E-state index contributed by atoms with van der Waals surface area (Å²) in [5.74, 6) is -1.32. The zero-order chi connectivity index (χ0) is 24.8. The van der Waals surface area contributed by atoms with Crippen molar-refractivity contribution in [2.75, 3.05) is 19.7 Å². The Balaban J connectivity index is 1.17. The summed E-state index contributed by atoms with van der Waals surface area (Å²) < 4.78 is 7.13. The molecule has 0 saturated carbocycles. The molecular formula is C26H28N4O5. The molecule has 0 radical (unpaired) electrons. The molecule has 0 spiro atoms. The summed E-state index contributed by atoms with van der Waals surface area (Å²) in [6, 6.07) is 16.3. The Morgan fingerprint density at radius 1 is 1.06 bits per heavy atom. The lowest BCUT2D eigenvalue weighted by Crippen LogP contribution is -2.33. The van der Waals surface area contributed by atoms with Crippen molar-refractivity contribution in [2.24, 2.45) is 5.92 Å². The van der Waals surface area contributed by atoms with Crippen LogP contribution in [0, 0.1) is 5.92 Å². The summed E-state index contributed by atoms with van der Waals surface area (Å²) >= 11 is 0. The minimum atomic E-state index is -1.09. The second-order valence-electron chi connectivity index (χ2n) is 8.67. The van der Waals surface area contributed by atoms with Gasteiger partial charge in [-0.2, -0.15) is 0 Å². The number of imidazole rings is 1. The largest absolute Gasteiger partial charge is 0.476 e. The SMILES string of the molecule is CC(CNC(=O)OCC1c2ccccc2-c2ccccc21)CC(=O)NCCn1cnc(C(=O)O)c1. The molecule has 4 rings (SSSR count). The Morgan fingerprint density at radius 2 is 1.71 bits per heavy atom. The van der Waals surface area contributed by atoms with E-state index in [1.807, 2.05) is 31.2 Å². The molecule has 9 heteroatoms. The zero-order valence-corrected chi connectivity index (χ0v) is 19.4. The van der Waals surface area contributed by atoms with Crippen molar-refractivity contribution < 1.29 is 24.2 Å². The molecule has 0 bridgehead atoms. The van der Waals surface area contributed by atoms with Crippen LogP contribution >= 0.6 is 0 Å². The molecule has 1 heterocycles. The van der Waals surface area contributed by atoms with Gasteiger partial charge >= 0.3 is 12.1 Å². The van der Waals surface area contributed by atoms with Gasteiger partial charge in [0, 0.05) is 38.2 Å². The van der Waals surface area contributed by atoms with Gasteiger partial charge in [-0.05, 0) is 28.2 Å². The summed E-state index contributed by atoms with van der Waals surface area (Å²) in [4.78, 5) is 39.1. The quantitative estimate of drug-likeness (QED) is 0.413. The third-order valence-electron chi connectivity index (χ3n) is 6.02. The lowest BCUT2D eigenvalue weighted by molar-refractivity contribution is -0.121. The number of carboxylic acid groups (broad SMARTS) is 1. The minimum absolute atomic E-state index is 0.00146. The van der Waals surface area contributed by atoms with Gasteiger partial charge in [0.2, 0.25) is 5.91 Å². The fourth-order valence-corrected chi connectivity index (χ4v) is 4.29. The second kappa shape index (κ2) is 10.9. The van der Waals surface area contributed by atoms with Crippen LogP contribution in [0.4, 0.5) is 4.79 Å². The third-order valence-corrected chi connectivity index (χ3v) is 6.02. The number of aromatic carboxylic acids is 1. The topological polar surface area (TPSA) is 123 Å². The van der Waals surface area contributed by atoms with E-state index in [1.54, 1.807) is 4.57 Å². The van der Waals surface area contributed by atoms with Crippen LogP contribution in [0.25, 0.3) is 11.1 Å². The Morgan fingerprint density at radius 3 is 2.34 bits per heavy atom. The van der Waals surface area contributed by atoms with Crippen LogP contribution in [0.2, 0.25) is 0 Å². The van der Waals surface area contributed by atoms with Gasteiger partial charge in [0.05, 0.1) is 6.33 Å². The Labute approximate surface area is 203 Å². The molecule has 1 unspecified atom stereocenters. The smallest absolute Gasteiger partial charge is 0.407 e. The van der Waals surface area contributed by atoms with Crippen LogP contribution in [0.3, 0.4) is 0 Å². The first-order valence-electron chi connectivity index (χ1n) is 11.5. The maximum Gasteiger partial charge on any atom is 0.407 e. The molecule has 1 atom stereocenters. The average molecular weight is 477 g/mol. The van der Waals surface area contributed by atoms with Crippen LogP contribution in [0.5, 0.6) is 0 Å². The highest BCUT2D eigenvalue weighted by atomic mass is 16.5. The van der Waals surface area contributed by atoms with E-state index in [0.29, 0.717) is 19.6 Å². The van der Waals surface area contributed by atoms with Crippen molar-refractivity contribution in [3.05, 3.63) is 77.9 Å². The summed E-state index contributed by atoms with van der Waals surface area (Å²) in [7, 11) is 0. The zero-order valence-electron chi connectivity index (χ0n) is 19.4. The number of fused-ring (bicyclic) bond motifs is 3. The van der Waals surface area contributed by atoms with Gasteiger partial charge in [0.1, 0.15) is 6.61 Å². The first-order valence-corrected chi connectivity index (χ1v) is 11.5. The molecule has 3 N–H and O–H groups in total. The number of rotatable bonds is 10. The van der Waals surface area contributed by atoms with Crippen molar-refractivity contribution in [2.45, 2.75) is 25.8 Å². The molecule has 1 aliphatic carbocycles. The standard InChI is InChI=1S/C26H28N4O5/c1-17(12-24(31)27-10-11-30-14-23(25(32)33)29-16-30)13-28-26(34)35-15-22-20-8-4-2-6-18(20)19-7-3-5-9-21(19)22/h2-9,14,16-17,22H,10-13,15H2,1H3,(H,27,31)(H,28,34)(H,32,33). The summed E-state index contributed by atoms with van der Waals surface area (Å²) in [6.45, 7) is 3.19. The van der Waals surface area contributed by atoms with Gasteiger partial charge < -0.3 is 25.0 Å². The van der Waals surface area contributed by atoms with Crippen molar-refractivity contribution in [3.8, 4) is 11.1 Å². The van der Waals surface area contributed by atoms with E-state index >= 15 is 0 Å². The van der Waals surface area contributed by atoms with Crippen molar-refractivity contribution in [1.82, 2.24) is 20.2 Å². The summed E-state index contributed by atoms with van der Waals surface area (Å²) in [5.41, 5.74) is 4.62.